The molecule has 0 saturated heterocycles. The van der Waals surface area contributed by atoms with Gasteiger partial charge in [-0.1, -0.05) is 12.1 Å². The second-order valence-electron chi connectivity index (χ2n) is 6.06. The predicted octanol–water partition coefficient (Wildman–Crippen LogP) is 3.45. The lowest BCUT2D eigenvalue weighted by molar-refractivity contribution is -0.118. The van der Waals surface area contributed by atoms with E-state index in [0.29, 0.717) is 17.8 Å². The maximum absolute atomic E-state index is 13.3. The monoisotopic (exact) mass is 344 g/mol. The quantitative estimate of drug-likeness (QED) is 0.927. The number of hydrogen-bond donors (Lipinski definition) is 1. The van der Waals surface area contributed by atoms with Gasteiger partial charge < -0.3 is 10.2 Å². The molecule has 0 radical (unpaired) electrons. The van der Waals surface area contributed by atoms with E-state index < -0.39 is 11.6 Å². The number of amides is 2. The van der Waals surface area contributed by atoms with Crippen molar-refractivity contribution in [3.8, 4) is 0 Å². The summed E-state index contributed by atoms with van der Waals surface area (Å²) in [5.74, 6) is -2.25. The molecule has 0 aliphatic carbocycles. The van der Waals surface area contributed by atoms with E-state index >= 15 is 0 Å². The maximum Gasteiger partial charge on any atom is 0.231 e. The van der Waals surface area contributed by atoms with Crippen molar-refractivity contribution in [2.24, 2.45) is 0 Å². The zero-order valence-corrected chi connectivity index (χ0v) is 13.8. The number of fused-ring (bicyclic) bond motifs is 1. The molecule has 25 heavy (non-hydrogen) atoms. The Morgan fingerprint density at radius 2 is 1.96 bits per heavy atom. The Kier molecular flexibility index (Phi) is 4.79. The highest BCUT2D eigenvalue weighted by Gasteiger charge is 2.24. The summed E-state index contributed by atoms with van der Waals surface area (Å²) < 4.78 is 26.4. The molecule has 0 atom stereocenters. The minimum atomic E-state index is -0.961. The Labute approximate surface area is 144 Å². The molecule has 3 rings (SSSR count). The van der Waals surface area contributed by atoms with E-state index in [1.54, 1.807) is 11.0 Å². The van der Waals surface area contributed by atoms with Crippen molar-refractivity contribution < 1.29 is 18.4 Å². The second-order valence-corrected chi connectivity index (χ2v) is 6.06. The lowest BCUT2D eigenvalue weighted by Crippen LogP contribution is -2.36. The number of rotatable bonds is 3. The van der Waals surface area contributed by atoms with Gasteiger partial charge in [-0.15, -0.1) is 0 Å². The summed E-state index contributed by atoms with van der Waals surface area (Å²) in [7, 11) is 0. The zero-order valence-electron chi connectivity index (χ0n) is 13.8. The number of halogens is 2. The van der Waals surface area contributed by atoms with Crippen molar-refractivity contribution in [2.45, 2.75) is 26.2 Å². The smallest absolute Gasteiger partial charge is 0.231 e. The highest BCUT2D eigenvalue weighted by atomic mass is 19.2. The maximum atomic E-state index is 13.3. The van der Waals surface area contributed by atoms with Gasteiger partial charge >= 0.3 is 0 Å². The van der Waals surface area contributed by atoms with E-state index in [1.165, 1.54) is 13.0 Å². The van der Waals surface area contributed by atoms with E-state index in [4.69, 9.17) is 0 Å². The predicted molar refractivity (Wildman–Crippen MR) is 91.5 cm³/mol. The van der Waals surface area contributed by atoms with Crippen LogP contribution in [0, 0.1) is 11.6 Å². The number of carbonyl (C=O) groups is 2. The molecule has 130 valence electrons. The van der Waals surface area contributed by atoms with Crippen LogP contribution >= 0.6 is 0 Å². The lowest BCUT2D eigenvalue weighted by Gasteiger charge is -2.31. The Bertz CT molecular complexity index is 836. The molecule has 2 amide bonds. The topological polar surface area (TPSA) is 49.4 Å². The van der Waals surface area contributed by atoms with Crippen molar-refractivity contribution in [1.82, 2.24) is 0 Å². The summed E-state index contributed by atoms with van der Waals surface area (Å²) >= 11 is 0. The summed E-state index contributed by atoms with van der Waals surface area (Å²) in [4.78, 5) is 25.7. The van der Waals surface area contributed by atoms with Crippen LogP contribution in [0.5, 0.6) is 0 Å². The van der Waals surface area contributed by atoms with Crippen LogP contribution in [0.1, 0.15) is 24.5 Å². The Morgan fingerprint density at radius 1 is 1.16 bits per heavy atom. The molecular weight excluding hydrogens is 326 g/mol. The van der Waals surface area contributed by atoms with Crippen LogP contribution in [0.3, 0.4) is 0 Å². The van der Waals surface area contributed by atoms with E-state index in [1.807, 2.05) is 12.1 Å². The third-order valence-corrected chi connectivity index (χ3v) is 4.20. The average Bonchev–Trinajstić information content (AvgIpc) is 2.57. The first-order valence-electron chi connectivity index (χ1n) is 8.09. The Morgan fingerprint density at radius 3 is 2.68 bits per heavy atom. The van der Waals surface area contributed by atoms with Crippen LogP contribution in [0.25, 0.3) is 0 Å². The van der Waals surface area contributed by atoms with Crippen molar-refractivity contribution in [3.05, 3.63) is 59.2 Å². The number of nitrogens with zero attached hydrogens (tertiary/aromatic N) is 1. The van der Waals surface area contributed by atoms with Gasteiger partial charge in [0.15, 0.2) is 11.6 Å². The summed E-state index contributed by atoms with van der Waals surface area (Å²) in [5, 5.41) is 2.79. The average molecular weight is 344 g/mol. The summed E-state index contributed by atoms with van der Waals surface area (Å²) in [5.41, 5.74) is 2.80. The number of benzene rings is 2. The number of hydrogen-bond acceptors (Lipinski definition) is 2. The fourth-order valence-electron chi connectivity index (χ4n) is 3.11. The fourth-order valence-corrected chi connectivity index (χ4v) is 3.11. The Balaban J connectivity index is 1.86. The van der Waals surface area contributed by atoms with Crippen LogP contribution in [0.15, 0.2) is 36.4 Å². The fraction of sp³-hybridized carbons (Fsp3) is 0.263. The summed E-state index contributed by atoms with van der Waals surface area (Å²) in [6.07, 6.45) is 1.52. The molecule has 6 heteroatoms. The zero-order chi connectivity index (χ0) is 18.0. The number of anilines is 2. The highest BCUT2D eigenvalue weighted by Crippen LogP contribution is 2.33. The van der Waals surface area contributed by atoms with Gasteiger partial charge in [-0.3, -0.25) is 9.59 Å². The molecule has 1 aliphatic heterocycles. The van der Waals surface area contributed by atoms with Gasteiger partial charge in [-0.2, -0.15) is 0 Å². The van der Waals surface area contributed by atoms with Gasteiger partial charge in [0.25, 0.3) is 0 Å². The minimum absolute atomic E-state index is 0.0129. The molecule has 1 aliphatic rings. The molecular formula is C19H18F2N2O2. The van der Waals surface area contributed by atoms with Gasteiger partial charge in [-0.05, 0) is 48.2 Å². The minimum Gasteiger partial charge on any atom is -0.326 e. The van der Waals surface area contributed by atoms with Crippen LogP contribution in [-0.4, -0.2) is 18.4 Å². The van der Waals surface area contributed by atoms with Crippen molar-refractivity contribution >= 4 is 23.2 Å². The molecule has 0 spiro atoms. The van der Waals surface area contributed by atoms with Crippen LogP contribution < -0.4 is 10.2 Å². The molecule has 0 saturated carbocycles. The molecule has 0 unspecified atom stereocenters. The molecule has 1 heterocycles. The molecule has 2 aromatic rings. The first-order valence-corrected chi connectivity index (χ1v) is 8.09. The number of carbonyl (C=O) groups excluding carboxylic acids is 2. The van der Waals surface area contributed by atoms with Gasteiger partial charge in [-0.25, -0.2) is 8.78 Å². The van der Waals surface area contributed by atoms with E-state index in [9.17, 15) is 18.4 Å². The molecule has 0 fully saturated rings. The molecule has 0 bridgehead atoms. The van der Waals surface area contributed by atoms with Crippen LogP contribution in [0.2, 0.25) is 0 Å². The second kappa shape index (κ2) is 7.01. The molecule has 0 aromatic heterocycles. The highest BCUT2D eigenvalue weighted by molar-refractivity contribution is 5.98. The third-order valence-electron chi connectivity index (χ3n) is 4.20. The van der Waals surface area contributed by atoms with Crippen molar-refractivity contribution in [1.29, 1.82) is 0 Å². The molecule has 2 aromatic carbocycles. The summed E-state index contributed by atoms with van der Waals surface area (Å²) in [6, 6.07) is 8.91. The number of nitrogens with one attached hydrogen (secondary N) is 1. The standard InChI is InChI=1S/C19H18F2N2O2/c1-12(24)22-17-5-2-6-18-14(17)4-3-9-23(18)19(25)11-13-7-8-15(20)16(21)10-13/h2,5-8,10H,3-4,9,11H2,1H3,(H,22,24). The van der Waals surface area contributed by atoms with E-state index in [0.717, 1.165) is 36.2 Å². The third kappa shape index (κ3) is 3.68. The van der Waals surface area contributed by atoms with E-state index in [2.05, 4.69) is 5.32 Å². The van der Waals surface area contributed by atoms with Crippen molar-refractivity contribution in [2.75, 3.05) is 16.8 Å². The van der Waals surface area contributed by atoms with Gasteiger partial charge in [0.05, 0.1) is 6.42 Å². The first-order chi connectivity index (χ1) is 12.0. The molecule has 4 nitrogen and oxygen atoms in total. The van der Waals surface area contributed by atoms with Gasteiger partial charge in [0.1, 0.15) is 0 Å². The normalized spacial score (nSPS) is 13.3. The van der Waals surface area contributed by atoms with Gasteiger partial charge in [0.2, 0.25) is 11.8 Å². The SMILES string of the molecule is CC(=O)Nc1cccc2c1CCCN2C(=O)Cc1ccc(F)c(F)c1. The lowest BCUT2D eigenvalue weighted by atomic mass is 9.98. The van der Waals surface area contributed by atoms with Crippen molar-refractivity contribution in [3.63, 3.8) is 0 Å². The van der Waals surface area contributed by atoms with Gasteiger partial charge in [0, 0.05) is 24.8 Å². The molecule has 1 N–H and O–H groups in total. The van der Waals surface area contributed by atoms with E-state index in [-0.39, 0.29) is 18.2 Å². The summed E-state index contributed by atoms with van der Waals surface area (Å²) in [6.45, 7) is 1.99. The first kappa shape index (κ1) is 17.1. The largest absolute Gasteiger partial charge is 0.326 e. The van der Waals surface area contributed by atoms with Crippen LogP contribution in [-0.2, 0) is 22.4 Å². The van der Waals surface area contributed by atoms with Crippen LogP contribution in [0.4, 0.5) is 20.2 Å². The Hall–Kier alpha value is -2.76.